The molecule has 108 valence electrons. The summed E-state index contributed by atoms with van der Waals surface area (Å²) in [5.41, 5.74) is 2.93. The third kappa shape index (κ3) is 2.92. The van der Waals surface area contributed by atoms with Crippen LogP contribution >= 0.6 is 0 Å². The van der Waals surface area contributed by atoms with Crippen molar-refractivity contribution in [2.45, 2.75) is 32.7 Å². The zero-order chi connectivity index (χ0) is 14.7. The van der Waals surface area contributed by atoms with Gasteiger partial charge in [0.15, 0.2) is 0 Å². The molecule has 1 atom stereocenters. The highest BCUT2D eigenvalue weighted by molar-refractivity contribution is 5.96. The topological polar surface area (TPSA) is 58.6 Å². The molecule has 20 heavy (non-hydrogen) atoms. The molecule has 0 aliphatic carbocycles. The maximum absolute atomic E-state index is 11.6. The zero-order valence-corrected chi connectivity index (χ0v) is 12.1. The van der Waals surface area contributed by atoms with Gasteiger partial charge in [-0.2, -0.15) is 0 Å². The Morgan fingerprint density at radius 1 is 1.45 bits per heavy atom. The summed E-state index contributed by atoms with van der Waals surface area (Å²) in [6, 6.07) is 5.39. The van der Waals surface area contributed by atoms with Gasteiger partial charge in [-0.1, -0.05) is 0 Å². The van der Waals surface area contributed by atoms with Gasteiger partial charge in [-0.3, -0.25) is 4.79 Å². The molecule has 5 nitrogen and oxygen atoms in total. The molecule has 5 heteroatoms. The standard InChI is InChI=1S/C15H20N2O3/c1-4-20-15(19)10(2)16-12-6-7-13-11(9-12)5-8-14(18)17(13)3/h6-7,9-10,16H,4-5,8H2,1-3H3/t10-/m0/s1. The molecule has 1 aromatic rings. The number of nitrogens with one attached hydrogen (secondary N) is 1. The van der Waals surface area contributed by atoms with E-state index in [0.29, 0.717) is 13.0 Å². The fourth-order valence-corrected chi connectivity index (χ4v) is 2.32. The molecule has 1 amide bonds. The average Bonchev–Trinajstić information content (AvgIpc) is 2.43. The van der Waals surface area contributed by atoms with Crippen LogP contribution in [0.15, 0.2) is 18.2 Å². The lowest BCUT2D eigenvalue weighted by Crippen LogP contribution is -2.31. The summed E-state index contributed by atoms with van der Waals surface area (Å²) in [7, 11) is 1.79. The van der Waals surface area contributed by atoms with Gasteiger partial charge < -0.3 is 15.0 Å². The van der Waals surface area contributed by atoms with Crippen molar-refractivity contribution in [1.82, 2.24) is 0 Å². The fourth-order valence-electron chi connectivity index (χ4n) is 2.32. The molecule has 0 saturated heterocycles. The first kappa shape index (κ1) is 14.4. The Labute approximate surface area is 118 Å². The van der Waals surface area contributed by atoms with E-state index in [9.17, 15) is 9.59 Å². The number of rotatable bonds is 4. The number of anilines is 2. The average molecular weight is 276 g/mol. The lowest BCUT2D eigenvalue weighted by molar-refractivity contribution is -0.143. The summed E-state index contributed by atoms with van der Waals surface area (Å²) < 4.78 is 4.97. The van der Waals surface area contributed by atoms with Gasteiger partial charge in [0.05, 0.1) is 6.61 Å². The Kier molecular flexibility index (Phi) is 4.27. The second kappa shape index (κ2) is 5.94. The normalized spacial score (nSPS) is 15.6. The van der Waals surface area contributed by atoms with Crippen molar-refractivity contribution in [3.63, 3.8) is 0 Å². The summed E-state index contributed by atoms with van der Waals surface area (Å²) in [6.45, 7) is 3.94. The second-order valence-corrected chi connectivity index (χ2v) is 4.91. The molecule has 2 rings (SSSR count). The number of esters is 1. The molecule has 0 radical (unpaired) electrons. The molecular weight excluding hydrogens is 256 g/mol. The van der Waals surface area contributed by atoms with E-state index in [0.717, 1.165) is 23.4 Å². The minimum Gasteiger partial charge on any atom is -0.464 e. The van der Waals surface area contributed by atoms with E-state index in [2.05, 4.69) is 5.32 Å². The van der Waals surface area contributed by atoms with E-state index in [1.165, 1.54) is 0 Å². The predicted octanol–water partition coefficient (Wildman–Crippen LogP) is 1.96. The van der Waals surface area contributed by atoms with Crippen LogP contribution in [0, 0.1) is 0 Å². The van der Waals surface area contributed by atoms with Crippen LogP contribution in [0.4, 0.5) is 11.4 Å². The number of carbonyl (C=O) groups is 2. The van der Waals surface area contributed by atoms with Crippen molar-refractivity contribution < 1.29 is 14.3 Å². The largest absolute Gasteiger partial charge is 0.464 e. The number of amides is 1. The van der Waals surface area contributed by atoms with Gasteiger partial charge in [0.25, 0.3) is 0 Å². The summed E-state index contributed by atoms with van der Waals surface area (Å²) >= 11 is 0. The van der Waals surface area contributed by atoms with Crippen LogP contribution in [-0.2, 0) is 20.7 Å². The van der Waals surface area contributed by atoms with Crippen LogP contribution in [-0.4, -0.2) is 31.6 Å². The molecule has 0 spiro atoms. The van der Waals surface area contributed by atoms with Crippen LogP contribution in [0.2, 0.25) is 0 Å². The molecule has 1 aliphatic rings. The molecule has 1 aliphatic heterocycles. The van der Waals surface area contributed by atoms with Crippen molar-refractivity contribution in [2.24, 2.45) is 0 Å². The lowest BCUT2D eigenvalue weighted by atomic mass is 10.0. The smallest absolute Gasteiger partial charge is 0.328 e. The van der Waals surface area contributed by atoms with Crippen molar-refractivity contribution in [1.29, 1.82) is 0 Å². The quantitative estimate of drug-likeness (QED) is 0.854. The Morgan fingerprint density at radius 2 is 2.20 bits per heavy atom. The number of carbonyl (C=O) groups excluding carboxylic acids is 2. The molecule has 0 unspecified atom stereocenters. The van der Waals surface area contributed by atoms with Gasteiger partial charge in [-0.05, 0) is 44.0 Å². The molecule has 0 aromatic heterocycles. The lowest BCUT2D eigenvalue weighted by Gasteiger charge is -2.26. The van der Waals surface area contributed by atoms with Crippen LogP contribution in [0.25, 0.3) is 0 Å². The fraction of sp³-hybridized carbons (Fsp3) is 0.467. The van der Waals surface area contributed by atoms with Crippen LogP contribution < -0.4 is 10.2 Å². The molecule has 1 N–H and O–H groups in total. The van der Waals surface area contributed by atoms with E-state index in [4.69, 9.17) is 4.74 Å². The molecule has 1 aromatic carbocycles. The molecule has 0 bridgehead atoms. The monoisotopic (exact) mass is 276 g/mol. The first-order valence-corrected chi connectivity index (χ1v) is 6.85. The maximum Gasteiger partial charge on any atom is 0.328 e. The highest BCUT2D eigenvalue weighted by atomic mass is 16.5. The van der Waals surface area contributed by atoms with Gasteiger partial charge in [-0.15, -0.1) is 0 Å². The van der Waals surface area contributed by atoms with E-state index in [-0.39, 0.29) is 11.9 Å². The van der Waals surface area contributed by atoms with Crippen molar-refractivity contribution in [3.8, 4) is 0 Å². The van der Waals surface area contributed by atoms with Crippen molar-refractivity contribution >= 4 is 23.3 Å². The highest BCUT2D eigenvalue weighted by Gasteiger charge is 2.21. The van der Waals surface area contributed by atoms with Crippen molar-refractivity contribution in [2.75, 3.05) is 23.9 Å². The third-order valence-corrected chi connectivity index (χ3v) is 3.45. The minimum absolute atomic E-state index is 0.137. The summed E-state index contributed by atoms with van der Waals surface area (Å²) in [4.78, 5) is 24.9. The minimum atomic E-state index is -0.393. The number of hydrogen-bond donors (Lipinski definition) is 1. The van der Waals surface area contributed by atoms with Gasteiger partial charge in [0, 0.05) is 24.8 Å². The Bertz CT molecular complexity index is 528. The Balaban J connectivity index is 2.12. The number of hydrogen-bond acceptors (Lipinski definition) is 4. The second-order valence-electron chi connectivity index (χ2n) is 4.91. The number of aryl methyl sites for hydroxylation is 1. The summed E-state index contributed by atoms with van der Waals surface area (Å²) in [6.07, 6.45) is 1.27. The van der Waals surface area contributed by atoms with Gasteiger partial charge >= 0.3 is 5.97 Å². The number of ether oxygens (including phenoxy) is 1. The first-order valence-electron chi connectivity index (χ1n) is 6.85. The van der Waals surface area contributed by atoms with Gasteiger partial charge in [0.2, 0.25) is 5.91 Å². The molecule has 1 heterocycles. The molecule has 0 saturated carbocycles. The molecular formula is C15H20N2O3. The highest BCUT2D eigenvalue weighted by Crippen LogP contribution is 2.29. The van der Waals surface area contributed by atoms with Crippen molar-refractivity contribution in [3.05, 3.63) is 23.8 Å². The van der Waals surface area contributed by atoms with Crippen LogP contribution in [0.5, 0.6) is 0 Å². The number of nitrogens with zero attached hydrogens (tertiary/aromatic N) is 1. The Hall–Kier alpha value is -2.04. The summed E-state index contributed by atoms with van der Waals surface area (Å²) in [5.74, 6) is -0.129. The van der Waals surface area contributed by atoms with E-state index in [1.807, 2.05) is 18.2 Å². The zero-order valence-electron chi connectivity index (χ0n) is 12.1. The summed E-state index contributed by atoms with van der Waals surface area (Å²) in [5, 5.41) is 3.12. The molecule has 0 fully saturated rings. The maximum atomic E-state index is 11.6. The first-order chi connectivity index (χ1) is 9.52. The van der Waals surface area contributed by atoms with E-state index in [1.54, 1.807) is 25.8 Å². The van der Waals surface area contributed by atoms with Gasteiger partial charge in [-0.25, -0.2) is 4.79 Å². The number of fused-ring (bicyclic) bond motifs is 1. The SMILES string of the molecule is CCOC(=O)[C@H](C)Nc1ccc2c(c1)CCC(=O)N2C. The van der Waals surface area contributed by atoms with Crippen LogP contribution in [0.3, 0.4) is 0 Å². The Morgan fingerprint density at radius 3 is 2.90 bits per heavy atom. The third-order valence-electron chi connectivity index (χ3n) is 3.45. The van der Waals surface area contributed by atoms with E-state index < -0.39 is 6.04 Å². The number of benzene rings is 1. The van der Waals surface area contributed by atoms with Gasteiger partial charge in [0.1, 0.15) is 6.04 Å². The van der Waals surface area contributed by atoms with E-state index >= 15 is 0 Å². The predicted molar refractivity (Wildman–Crippen MR) is 77.9 cm³/mol. The van der Waals surface area contributed by atoms with Crippen LogP contribution in [0.1, 0.15) is 25.8 Å².